The molecule has 0 saturated carbocycles. The molecule has 62 valence electrons. The molecule has 2 aromatic rings. The highest BCUT2D eigenvalue weighted by atomic mass is 79.9. The number of hydrogen-bond acceptors (Lipinski definition) is 3. The topological polar surface area (TPSA) is 52.0 Å². The largest absolute Gasteiger partial charge is 0.441 e. The van der Waals surface area contributed by atoms with Gasteiger partial charge < -0.3 is 10.2 Å². The van der Waals surface area contributed by atoms with Gasteiger partial charge in [-0.3, -0.25) is 0 Å². The molecule has 0 aliphatic heterocycles. The summed E-state index contributed by atoms with van der Waals surface area (Å²) in [4.78, 5) is 4.18. The van der Waals surface area contributed by atoms with E-state index in [1.807, 2.05) is 13.0 Å². The van der Waals surface area contributed by atoms with Gasteiger partial charge in [-0.1, -0.05) is 0 Å². The second-order valence-electron chi connectivity index (χ2n) is 2.58. The Morgan fingerprint density at radius 3 is 3.00 bits per heavy atom. The van der Waals surface area contributed by atoms with Crippen molar-refractivity contribution in [1.29, 1.82) is 0 Å². The van der Waals surface area contributed by atoms with Gasteiger partial charge in [0.2, 0.25) is 0 Å². The van der Waals surface area contributed by atoms with Gasteiger partial charge in [-0.15, -0.1) is 0 Å². The van der Waals surface area contributed by atoms with E-state index in [4.69, 9.17) is 10.2 Å². The van der Waals surface area contributed by atoms with E-state index in [1.54, 1.807) is 6.07 Å². The SMILES string of the molecule is Cc1nc2c(Br)cc(N)cc2o1. The average Bonchev–Trinajstić information content (AvgIpc) is 2.29. The minimum atomic E-state index is 0.649. The summed E-state index contributed by atoms with van der Waals surface area (Å²) in [6.45, 7) is 1.81. The highest BCUT2D eigenvalue weighted by molar-refractivity contribution is 9.10. The van der Waals surface area contributed by atoms with E-state index in [0.717, 1.165) is 15.6 Å². The summed E-state index contributed by atoms with van der Waals surface area (Å²) >= 11 is 3.36. The van der Waals surface area contributed by atoms with Gasteiger partial charge in [0.05, 0.1) is 0 Å². The Morgan fingerprint density at radius 2 is 2.25 bits per heavy atom. The third-order valence-electron chi connectivity index (χ3n) is 1.58. The Morgan fingerprint density at radius 1 is 1.50 bits per heavy atom. The van der Waals surface area contributed by atoms with Gasteiger partial charge in [-0.2, -0.15) is 0 Å². The number of hydrogen-bond donors (Lipinski definition) is 1. The van der Waals surface area contributed by atoms with Crippen LogP contribution in [0.15, 0.2) is 21.0 Å². The number of aromatic nitrogens is 1. The molecule has 12 heavy (non-hydrogen) atoms. The predicted molar refractivity (Wildman–Crippen MR) is 50.9 cm³/mol. The molecule has 3 nitrogen and oxygen atoms in total. The highest BCUT2D eigenvalue weighted by Gasteiger charge is 2.06. The smallest absolute Gasteiger partial charge is 0.192 e. The minimum Gasteiger partial charge on any atom is -0.441 e. The van der Waals surface area contributed by atoms with Crippen molar-refractivity contribution in [2.45, 2.75) is 6.92 Å². The van der Waals surface area contributed by atoms with Crippen LogP contribution < -0.4 is 5.73 Å². The lowest BCUT2D eigenvalue weighted by molar-refractivity contribution is 0.561. The molecule has 4 heteroatoms. The number of rotatable bonds is 0. The molecule has 0 amide bonds. The van der Waals surface area contributed by atoms with Crippen molar-refractivity contribution in [1.82, 2.24) is 4.98 Å². The number of fused-ring (bicyclic) bond motifs is 1. The number of halogens is 1. The summed E-state index contributed by atoms with van der Waals surface area (Å²) in [6, 6.07) is 3.57. The van der Waals surface area contributed by atoms with Crippen molar-refractivity contribution in [3.05, 3.63) is 22.5 Å². The van der Waals surface area contributed by atoms with Gasteiger partial charge >= 0.3 is 0 Å². The first kappa shape index (κ1) is 7.61. The fourth-order valence-electron chi connectivity index (χ4n) is 1.12. The van der Waals surface area contributed by atoms with Crippen molar-refractivity contribution in [3.63, 3.8) is 0 Å². The third kappa shape index (κ3) is 1.08. The lowest BCUT2D eigenvalue weighted by atomic mass is 10.3. The molecule has 0 radical (unpaired) electrons. The summed E-state index contributed by atoms with van der Waals surface area (Å²) in [5.74, 6) is 0.649. The molecule has 2 rings (SSSR count). The van der Waals surface area contributed by atoms with Crippen LogP contribution in [0.25, 0.3) is 11.1 Å². The van der Waals surface area contributed by atoms with E-state index in [1.165, 1.54) is 0 Å². The minimum absolute atomic E-state index is 0.649. The summed E-state index contributed by atoms with van der Waals surface area (Å²) in [6.07, 6.45) is 0. The Hall–Kier alpha value is -1.03. The lowest BCUT2D eigenvalue weighted by Gasteiger charge is -1.93. The van der Waals surface area contributed by atoms with E-state index in [-0.39, 0.29) is 0 Å². The van der Waals surface area contributed by atoms with Gasteiger partial charge in [-0.05, 0) is 22.0 Å². The van der Waals surface area contributed by atoms with Gasteiger partial charge in [0, 0.05) is 23.2 Å². The first-order chi connectivity index (χ1) is 5.66. The van der Waals surface area contributed by atoms with Crippen molar-refractivity contribution in [3.8, 4) is 0 Å². The van der Waals surface area contributed by atoms with Gasteiger partial charge in [0.1, 0.15) is 5.52 Å². The Labute approximate surface area is 77.7 Å². The summed E-state index contributed by atoms with van der Waals surface area (Å²) in [5, 5.41) is 0. The van der Waals surface area contributed by atoms with Crippen molar-refractivity contribution in [2.24, 2.45) is 0 Å². The van der Waals surface area contributed by atoms with Crippen LogP contribution in [0.2, 0.25) is 0 Å². The Bertz CT molecular complexity index is 436. The number of anilines is 1. The van der Waals surface area contributed by atoms with E-state index in [0.29, 0.717) is 11.6 Å². The van der Waals surface area contributed by atoms with Gasteiger partial charge in [0.15, 0.2) is 11.5 Å². The van der Waals surface area contributed by atoms with Crippen LogP contribution in [0.5, 0.6) is 0 Å². The first-order valence-electron chi connectivity index (χ1n) is 3.49. The maximum Gasteiger partial charge on any atom is 0.192 e. The molecule has 0 aliphatic rings. The third-order valence-corrected chi connectivity index (χ3v) is 2.18. The highest BCUT2D eigenvalue weighted by Crippen LogP contribution is 2.26. The second-order valence-corrected chi connectivity index (χ2v) is 3.44. The fraction of sp³-hybridized carbons (Fsp3) is 0.125. The molecule has 1 aromatic heterocycles. The summed E-state index contributed by atoms with van der Waals surface area (Å²) in [5.41, 5.74) is 7.83. The van der Waals surface area contributed by atoms with Crippen molar-refractivity contribution < 1.29 is 4.42 Å². The van der Waals surface area contributed by atoms with Crippen LogP contribution in [0.3, 0.4) is 0 Å². The molecule has 0 fully saturated rings. The molecule has 0 spiro atoms. The number of nitrogens with zero attached hydrogens (tertiary/aromatic N) is 1. The van der Waals surface area contributed by atoms with Crippen LogP contribution in [0.1, 0.15) is 5.89 Å². The van der Waals surface area contributed by atoms with Crippen LogP contribution >= 0.6 is 15.9 Å². The molecule has 1 heterocycles. The molecular weight excluding hydrogens is 220 g/mol. The predicted octanol–water partition coefficient (Wildman–Crippen LogP) is 2.48. The molecule has 0 atom stereocenters. The van der Waals surface area contributed by atoms with Crippen molar-refractivity contribution >= 4 is 32.7 Å². The standard InChI is InChI=1S/C8H7BrN2O/c1-4-11-8-6(9)2-5(10)3-7(8)12-4/h2-3H,10H2,1H3. The van der Waals surface area contributed by atoms with Crippen LogP contribution in [0, 0.1) is 6.92 Å². The zero-order valence-corrected chi connectivity index (χ0v) is 8.05. The molecule has 0 unspecified atom stereocenters. The van der Waals surface area contributed by atoms with E-state index < -0.39 is 0 Å². The van der Waals surface area contributed by atoms with Crippen molar-refractivity contribution in [2.75, 3.05) is 5.73 Å². The molecule has 0 bridgehead atoms. The number of benzene rings is 1. The van der Waals surface area contributed by atoms with E-state index in [9.17, 15) is 0 Å². The molecule has 2 N–H and O–H groups in total. The molecule has 0 aliphatic carbocycles. The number of oxazole rings is 1. The van der Waals surface area contributed by atoms with E-state index in [2.05, 4.69) is 20.9 Å². The Kier molecular flexibility index (Phi) is 1.58. The zero-order chi connectivity index (χ0) is 8.72. The van der Waals surface area contributed by atoms with Crippen LogP contribution in [-0.2, 0) is 0 Å². The lowest BCUT2D eigenvalue weighted by Crippen LogP contribution is -1.83. The average molecular weight is 227 g/mol. The fourth-order valence-corrected chi connectivity index (χ4v) is 1.67. The molecule has 1 aromatic carbocycles. The molecular formula is C8H7BrN2O. The number of nitrogen functional groups attached to an aromatic ring is 1. The molecule has 0 saturated heterocycles. The van der Waals surface area contributed by atoms with Crippen LogP contribution in [0.4, 0.5) is 5.69 Å². The zero-order valence-electron chi connectivity index (χ0n) is 6.47. The summed E-state index contributed by atoms with van der Waals surface area (Å²) < 4.78 is 6.18. The van der Waals surface area contributed by atoms with E-state index >= 15 is 0 Å². The van der Waals surface area contributed by atoms with Gasteiger partial charge in [0.25, 0.3) is 0 Å². The normalized spacial score (nSPS) is 10.8. The second kappa shape index (κ2) is 2.48. The number of aryl methyl sites for hydroxylation is 1. The monoisotopic (exact) mass is 226 g/mol. The quantitative estimate of drug-likeness (QED) is 0.703. The first-order valence-corrected chi connectivity index (χ1v) is 4.28. The maximum atomic E-state index is 5.62. The van der Waals surface area contributed by atoms with Gasteiger partial charge in [-0.25, -0.2) is 4.98 Å². The summed E-state index contributed by atoms with van der Waals surface area (Å²) in [7, 11) is 0. The van der Waals surface area contributed by atoms with Crippen LogP contribution in [-0.4, -0.2) is 4.98 Å². The number of nitrogens with two attached hydrogens (primary N) is 1. The maximum absolute atomic E-state index is 5.62. The Balaban J connectivity index is 2.88.